The summed E-state index contributed by atoms with van der Waals surface area (Å²) in [5.74, 6) is 0.0817. The van der Waals surface area contributed by atoms with Crippen LogP contribution in [0.3, 0.4) is 0 Å². The smallest absolute Gasteiger partial charge is 0.0797 e. The summed E-state index contributed by atoms with van der Waals surface area (Å²) in [6.45, 7) is 0. The van der Waals surface area contributed by atoms with Crippen molar-refractivity contribution in [2.75, 3.05) is 0 Å². The Morgan fingerprint density at radius 3 is 1.33 bits per heavy atom. The van der Waals surface area contributed by atoms with Crippen LogP contribution in [-0.2, 0) is 0 Å². The second-order valence-corrected chi connectivity index (χ2v) is 7.48. The second kappa shape index (κ2) is 4.68. The van der Waals surface area contributed by atoms with Gasteiger partial charge in [-0.15, -0.1) is 0 Å². The molecule has 0 nitrogen and oxygen atoms in total. The van der Waals surface area contributed by atoms with E-state index in [0.29, 0.717) is 20.1 Å². The van der Waals surface area contributed by atoms with E-state index >= 15 is 0 Å². The fourth-order valence-electron chi connectivity index (χ4n) is 2.40. The average molecular weight is 450 g/mol. The van der Waals surface area contributed by atoms with E-state index in [2.05, 4.69) is 44.0 Å². The molecular weight excluding hydrogens is 446 g/mol. The summed E-state index contributed by atoms with van der Waals surface area (Å²) in [5, 5.41) is 1.61. The number of rotatable bonds is 0. The highest BCUT2D eigenvalue weighted by Gasteiger charge is 2.38. The van der Waals surface area contributed by atoms with Crippen molar-refractivity contribution in [2.24, 2.45) is 0 Å². The van der Waals surface area contributed by atoms with Crippen molar-refractivity contribution < 1.29 is 0 Å². The van der Waals surface area contributed by atoms with Gasteiger partial charge < -0.3 is 0 Å². The van der Waals surface area contributed by atoms with Crippen molar-refractivity contribution in [3.63, 3.8) is 0 Å². The summed E-state index contributed by atoms with van der Waals surface area (Å²) in [7, 11) is 0. The van der Waals surface area contributed by atoms with Gasteiger partial charge in [-0.1, -0.05) is 90.4 Å². The molecular formula is C12H4Br2Cl4. The summed E-state index contributed by atoms with van der Waals surface area (Å²) >= 11 is 32.0. The molecule has 1 aromatic carbocycles. The van der Waals surface area contributed by atoms with Crippen molar-refractivity contribution >= 4 is 78.3 Å². The average Bonchev–Trinajstić information content (AvgIpc) is 2.34. The molecule has 0 saturated carbocycles. The minimum absolute atomic E-state index is 0.0409. The van der Waals surface area contributed by atoms with Crippen LogP contribution >= 0.6 is 78.3 Å². The van der Waals surface area contributed by atoms with Crippen LogP contribution in [0.2, 0.25) is 20.1 Å². The number of benzene rings is 1. The maximum Gasteiger partial charge on any atom is 0.0797 e. The molecule has 0 heterocycles. The van der Waals surface area contributed by atoms with E-state index in [4.69, 9.17) is 46.4 Å². The van der Waals surface area contributed by atoms with Gasteiger partial charge in [0, 0.05) is 20.8 Å². The van der Waals surface area contributed by atoms with Gasteiger partial charge in [0.25, 0.3) is 0 Å². The van der Waals surface area contributed by atoms with Crippen LogP contribution in [0.1, 0.15) is 23.0 Å². The Labute approximate surface area is 141 Å². The molecule has 94 valence electrons. The monoisotopic (exact) mass is 446 g/mol. The summed E-state index contributed by atoms with van der Waals surface area (Å²) in [6.07, 6.45) is 4.20. The molecule has 2 bridgehead atoms. The van der Waals surface area contributed by atoms with E-state index in [1.54, 1.807) is 0 Å². The van der Waals surface area contributed by atoms with Gasteiger partial charge in [0.2, 0.25) is 0 Å². The molecule has 0 aliphatic heterocycles. The molecule has 0 radical (unpaired) electrons. The molecule has 0 N–H and O–H groups in total. The normalized spacial score (nSPS) is 24.8. The van der Waals surface area contributed by atoms with Crippen LogP contribution < -0.4 is 0 Å². The van der Waals surface area contributed by atoms with E-state index in [1.807, 2.05) is 0 Å². The predicted molar refractivity (Wildman–Crippen MR) is 86.0 cm³/mol. The largest absolute Gasteiger partial charge is 0.0823 e. The zero-order valence-corrected chi connectivity index (χ0v) is 14.8. The van der Waals surface area contributed by atoms with Crippen molar-refractivity contribution in [1.82, 2.24) is 0 Å². The van der Waals surface area contributed by atoms with Gasteiger partial charge in [0.15, 0.2) is 0 Å². The number of hydrogen-bond donors (Lipinski definition) is 0. The van der Waals surface area contributed by atoms with Gasteiger partial charge in [-0.25, -0.2) is 0 Å². The Morgan fingerprint density at radius 2 is 1.00 bits per heavy atom. The van der Waals surface area contributed by atoms with Crippen LogP contribution in [0, 0.1) is 0 Å². The van der Waals surface area contributed by atoms with Gasteiger partial charge in [-0.3, -0.25) is 0 Å². The van der Waals surface area contributed by atoms with Crippen LogP contribution in [0.25, 0.3) is 0 Å². The highest BCUT2D eigenvalue weighted by Crippen LogP contribution is 2.58. The van der Waals surface area contributed by atoms with Crippen LogP contribution in [0.15, 0.2) is 21.1 Å². The van der Waals surface area contributed by atoms with Crippen LogP contribution in [0.5, 0.6) is 0 Å². The molecule has 0 spiro atoms. The summed E-state index contributed by atoms with van der Waals surface area (Å²) < 4.78 is 2.14. The molecule has 1 aromatic rings. The zero-order chi connectivity index (χ0) is 13.2. The van der Waals surface area contributed by atoms with Crippen molar-refractivity contribution in [1.29, 1.82) is 0 Å². The topological polar surface area (TPSA) is 0 Å². The van der Waals surface area contributed by atoms with Crippen molar-refractivity contribution in [3.05, 3.63) is 52.3 Å². The van der Waals surface area contributed by atoms with Crippen molar-refractivity contribution in [2.45, 2.75) is 11.8 Å². The molecule has 2 unspecified atom stereocenters. The third-order valence-electron chi connectivity index (χ3n) is 3.21. The lowest BCUT2D eigenvalue weighted by Crippen LogP contribution is -2.18. The molecule has 3 aliphatic carbocycles. The number of halogens is 6. The van der Waals surface area contributed by atoms with E-state index in [-0.39, 0.29) is 11.8 Å². The highest BCUT2D eigenvalue weighted by atomic mass is 79.9. The maximum absolute atomic E-state index is 6.33. The first-order chi connectivity index (χ1) is 8.43. The van der Waals surface area contributed by atoms with Crippen LogP contribution in [0.4, 0.5) is 0 Å². The van der Waals surface area contributed by atoms with E-state index < -0.39 is 0 Å². The lowest BCUT2D eigenvalue weighted by Gasteiger charge is -2.35. The first kappa shape index (κ1) is 13.8. The van der Waals surface area contributed by atoms with Gasteiger partial charge in [0.1, 0.15) is 0 Å². The van der Waals surface area contributed by atoms with E-state index in [9.17, 15) is 0 Å². The Kier molecular flexibility index (Phi) is 3.58. The van der Waals surface area contributed by atoms with Crippen molar-refractivity contribution in [3.8, 4) is 0 Å². The van der Waals surface area contributed by atoms with Gasteiger partial charge in [0.05, 0.1) is 20.1 Å². The summed E-state index contributed by atoms with van der Waals surface area (Å²) in [5.41, 5.74) is 1.89. The van der Waals surface area contributed by atoms with Crippen LogP contribution in [-0.4, -0.2) is 0 Å². The quantitative estimate of drug-likeness (QED) is 0.294. The Balaban J connectivity index is 2.40. The number of allylic oxidation sites excluding steroid dienone is 4. The minimum Gasteiger partial charge on any atom is -0.0823 e. The summed E-state index contributed by atoms with van der Waals surface area (Å²) in [4.78, 5) is 0. The Morgan fingerprint density at radius 1 is 0.667 bits per heavy atom. The Hall–Kier alpha value is 0.820. The van der Waals surface area contributed by atoms with Gasteiger partial charge in [-0.2, -0.15) is 0 Å². The first-order valence-corrected chi connectivity index (χ1v) is 8.13. The van der Waals surface area contributed by atoms with E-state index in [1.165, 1.54) is 0 Å². The van der Waals surface area contributed by atoms with Gasteiger partial charge in [-0.05, 0) is 11.1 Å². The maximum atomic E-state index is 6.33. The third kappa shape index (κ3) is 1.77. The number of hydrogen-bond acceptors (Lipinski definition) is 0. The zero-order valence-electron chi connectivity index (χ0n) is 8.58. The standard InChI is InChI=1S/C12H4Br2Cl4/c13-5-1-3-6(14)2-4(5)8-7(3)9(15)11(17)12(18)10(8)16/h1-4H. The van der Waals surface area contributed by atoms with E-state index in [0.717, 1.165) is 20.1 Å². The second-order valence-electron chi connectivity index (χ2n) is 4.14. The molecule has 4 rings (SSSR count). The molecule has 0 fully saturated rings. The minimum atomic E-state index is 0.0409. The Bertz CT molecular complexity index is 579. The van der Waals surface area contributed by atoms with Gasteiger partial charge >= 0.3 is 0 Å². The molecule has 6 heteroatoms. The lowest BCUT2D eigenvalue weighted by molar-refractivity contribution is 0.861. The SMILES string of the molecule is Clc1c(Cl)c(Cl)c2c(c1Cl)C1C=C(Br)C2C=C1Br. The third-order valence-corrected chi connectivity index (χ3v) is 6.56. The fraction of sp³-hybridized carbons (Fsp3) is 0.167. The summed E-state index contributed by atoms with van der Waals surface area (Å²) in [6, 6.07) is 0. The lowest BCUT2D eigenvalue weighted by atomic mass is 9.76. The molecule has 0 aromatic heterocycles. The molecule has 0 saturated heterocycles. The molecule has 3 aliphatic rings. The fourth-order valence-corrected chi connectivity index (χ4v) is 4.77. The predicted octanol–water partition coefficient (Wildman–Crippen LogP) is 7.05. The molecule has 2 atom stereocenters. The first-order valence-electron chi connectivity index (χ1n) is 5.03. The highest BCUT2D eigenvalue weighted by molar-refractivity contribution is 9.12. The molecule has 18 heavy (non-hydrogen) atoms. The molecule has 0 amide bonds.